The number of carbonyl (C=O) groups excluding carboxylic acids is 1. The Morgan fingerprint density at radius 3 is 2.58 bits per heavy atom. The van der Waals surface area contributed by atoms with Crippen LogP contribution in [0.4, 0.5) is 0 Å². The molecule has 0 saturated heterocycles. The SMILES string of the molecule is CCCc1nc(C)c(C(=O)NC(C)C(C)C(=O)O)s1. The number of aliphatic carboxylic acids is 1. The Labute approximate surface area is 117 Å². The van der Waals surface area contributed by atoms with E-state index in [0.29, 0.717) is 10.6 Å². The largest absolute Gasteiger partial charge is 0.481 e. The third kappa shape index (κ3) is 4.02. The predicted molar refractivity (Wildman–Crippen MR) is 74.6 cm³/mol. The molecule has 5 nitrogen and oxygen atoms in total. The lowest BCUT2D eigenvalue weighted by molar-refractivity contribution is -0.141. The van der Waals surface area contributed by atoms with E-state index < -0.39 is 17.9 Å². The third-order valence-electron chi connectivity index (χ3n) is 3.01. The molecule has 1 amide bonds. The van der Waals surface area contributed by atoms with E-state index in [1.807, 2.05) is 0 Å². The Balaban J connectivity index is 2.75. The first-order valence-electron chi connectivity index (χ1n) is 6.36. The second kappa shape index (κ2) is 6.65. The second-order valence-electron chi connectivity index (χ2n) is 4.66. The van der Waals surface area contributed by atoms with Gasteiger partial charge in [0.2, 0.25) is 0 Å². The molecule has 106 valence electrons. The highest BCUT2D eigenvalue weighted by Crippen LogP contribution is 2.19. The van der Waals surface area contributed by atoms with E-state index in [1.54, 1.807) is 20.8 Å². The average Bonchev–Trinajstić information content (AvgIpc) is 2.69. The van der Waals surface area contributed by atoms with Crippen LogP contribution in [0, 0.1) is 12.8 Å². The summed E-state index contributed by atoms with van der Waals surface area (Å²) < 4.78 is 0. The summed E-state index contributed by atoms with van der Waals surface area (Å²) in [6.07, 6.45) is 1.85. The Kier molecular flexibility index (Phi) is 5.47. The Morgan fingerprint density at radius 1 is 1.42 bits per heavy atom. The van der Waals surface area contributed by atoms with Crippen molar-refractivity contribution in [3.05, 3.63) is 15.6 Å². The first-order chi connectivity index (χ1) is 8.86. The van der Waals surface area contributed by atoms with Crippen LogP contribution in [0.5, 0.6) is 0 Å². The minimum absolute atomic E-state index is 0.238. The molecule has 0 saturated carbocycles. The smallest absolute Gasteiger partial charge is 0.308 e. The maximum absolute atomic E-state index is 12.1. The zero-order valence-corrected chi connectivity index (χ0v) is 12.5. The minimum atomic E-state index is -0.916. The Hall–Kier alpha value is -1.43. The minimum Gasteiger partial charge on any atom is -0.481 e. The van der Waals surface area contributed by atoms with Gasteiger partial charge in [-0.3, -0.25) is 9.59 Å². The molecular formula is C13H20N2O3S. The lowest BCUT2D eigenvalue weighted by Crippen LogP contribution is -2.39. The lowest BCUT2D eigenvalue weighted by atomic mass is 10.0. The first-order valence-corrected chi connectivity index (χ1v) is 7.18. The summed E-state index contributed by atoms with van der Waals surface area (Å²) in [5.41, 5.74) is 0.709. The van der Waals surface area contributed by atoms with Crippen molar-refractivity contribution in [2.24, 2.45) is 5.92 Å². The molecule has 6 heteroatoms. The van der Waals surface area contributed by atoms with Gasteiger partial charge in [0.1, 0.15) is 4.88 Å². The van der Waals surface area contributed by atoms with Crippen LogP contribution in [-0.2, 0) is 11.2 Å². The molecule has 2 unspecified atom stereocenters. The molecule has 0 aliphatic carbocycles. The number of carboxylic acid groups (broad SMARTS) is 1. The number of nitrogens with one attached hydrogen (secondary N) is 1. The summed E-state index contributed by atoms with van der Waals surface area (Å²) in [7, 11) is 0. The molecule has 2 N–H and O–H groups in total. The molecule has 0 aromatic carbocycles. The highest BCUT2D eigenvalue weighted by molar-refractivity contribution is 7.13. The summed E-state index contributed by atoms with van der Waals surface area (Å²) in [5, 5.41) is 12.6. The van der Waals surface area contributed by atoms with Gasteiger partial charge in [0.05, 0.1) is 16.6 Å². The molecule has 19 heavy (non-hydrogen) atoms. The van der Waals surface area contributed by atoms with Crippen molar-refractivity contribution in [3.8, 4) is 0 Å². The molecule has 1 aromatic heterocycles. The van der Waals surface area contributed by atoms with Gasteiger partial charge in [-0.05, 0) is 33.6 Å². The number of aromatic nitrogens is 1. The molecule has 1 heterocycles. The highest BCUT2D eigenvalue weighted by Gasteiger charge is 2.23. The van der Waals surface area contributed by atoms with Crippen LogP contribution in [0.15, 0.2) is 0 Å². The highest BCUT2D eigenvalue weighted by atomic mass is 32.1. The zero-order chi connectivity index (χ0) is 14.6. The van der Waals surface area contributed by atoms with Crippen molar-refractivity contribution in [2.45, 2.75) is 46.6 Å². The monoisotopic (exact) mass is 284 g/mol. The molecule has 0 aliphatic heterocycles. The summed E-state index contributed by atoms with van der Waals surface area (Å²) >= 11 is 1.38. The molecule has 0 fully saturated rings. The summed E-state index contributed by atoms with van der Waals surface area (Å²) in [4.78, 5) is 27.9. The van der Waals surface area contributed by atoms with Gasteiger partial charge >= 0.3 is 5.97 Å². The second-order valence-corrected chi connectivity index (χ2v) is 5.74. The van der Waals surface area contributed by atoms with E-state index in [-0.39, 0.29) is 5.91 Å². The number of carbonyl (C=O) groups is 2. The van der Waals surface area contributed by atoms with Crippen LogP contribution < -0.4 is 5.32 Å². The number of carboxylic acids is 1. The van der Waals surface area contributed by atoms with Crippen molar-refractivity contribution in [2.75, 3.05) is 0 Å². The van der Waals surface area contributed by atoms with E-state index in [4.69, 9.17) is 5.11 Å². The lowest BCUT2D eigenvalue weighted by Gasteiger charge is -2.17. The average molecular weight is 284 g/mol. The quantitative estimate of drug-likeness (QED) is 0.839. The summed E-state index contributed by atoms with van der Waals surface area (Å²) in [5.74, 6) is -1.77. The molecule has 1 rings (SSSR count). The van der Waals surface area contributed by atoms with Gasteiger partial charge in [-0.25, -0.2) is 4.98 Å². The van der Waals surface area contributed by atoms with Crippen molar-refractivity contribution < 1.29 is 14.7 Å². The van der Waals surface area contributed by atoms with Gasteiger partial charge in [-0.15, -0.1) is 11.3 Å². The zero-order valence-electron chi connectivity index (χ0n) is 11.7. The first kappa shape index (κ1) is 15.6. The number of rotatable bonds is 6. The van der Waals surface area contributed by atoms with Crippen LogP contribution in [0.25, 0.3) is 0 Å². The fourth-order valence-corrected chi connectivity index (χ4v) is 2.66. The van der Waals surface area contributed by atoms with Gasteiger partial charge in [0, 0.05) is 6.04 Å². The molecule has 0 aliphatic rings. The van der Waals surface area contributed by atoms with Crippen molar-refractivity contribution in [1.29, 1.82) is 0 Å². The normalized spacial score (nSPS) is 13.9. The van der Waals surface area contributed by atoms with E-state index in [2.05, 4.69) is 17.2 Å². The van der Waals surface area contributed by atoms with Gasteiger partial charge in [-0.1, -0.05) is 6.92 Å². The number of hydrogen-bond donors (Lipinski definition) is 2. The molecular weight excluding hydrogens is 264 g/mol. The molecule has 1 aromatic rings. The van der Waals surface area contributed by atoms with Crippen LogP contribution in [0.1, 0.15) is 47.6 Å². The van der Waals surface area contributed by atoms with Crippen molar-refractivity contribution in [3.63, 3.8) is 0 Å². The fraction of sp³-hybridized carbons (Fsp3) is 0.615. The standard InChI is InChI=1S/C13H20N2O3S/c1-5-6-10-14-9(4)11(19-10)12(16)15-8(3)7(2)13(17)18/h7-8H,5-6H2,1-4H3,(H,15,16)(H,17,18). The van der Waals surface area contributed by atoms with Gasteiger partial charge in [0.25, 0.3) is 5.91 Å². The molecule has 0 radical (unpaired) electrons. The van der Waals surface area contributed by atoms with E-state index in [0.717, 1.165) is 17.8 Å². The Morgan fingerprint density at radius 2 is 2.05 bits per heavy atom. The topological polar surface area (TPSA) is 79.3 Å². The van der Waals surface area contributed by atoms with E-state index >= 15 is 0 Å². The number of hydrogen-bond acceptors (Lipinski definition) is 4. The molecule has 0 spiro atoms. The molecule has 0 bridgehead atoms. The van der Waals surface area contributed by atoms with Crippen molar-refractivity contribution in [1.82, 2.24) is 10.3 Å². The van der Waals surface area contributed by atoms with E-state index in [9.17, 15) is 9.59 Å². The van der Waals surface area contributed by atoms with Crippen LogP contribution in [0.2, 0.25) is 0 Å². The van der Waals surface area contributed by atoms with Gasteiger partial charge < -0.3 is 10.4 Å². The van der Waals surface area contributed by atoms with E-state index in [1.165, 1.54) is 11.3 Å². The number of thiazole rings is 1. The molecule has 2 atom stereocenters. The van der Waals surface area contributed by atoms with Crippen LogP contribution in [-0.4, -0.2) is 28.0 Å². The number of nitrogens with zero attached hydrogens (tertiary/aromatic N) is 1. The maximum Gasteiger partial charge on any atom is 0.308 e. The number of aryl methyl sites for hydroxylation is 2. The van der Waals surface area contributed by atoms with Crippen molar-refractivity contribution >= 4 is 23.2 Å². The summed E-state index contributed by atoms with van der Waals surface area (Å²) in [6, 6.07) is -0.416. The number of amides is 1. The maximum atomic E-state index is 12.1. The summed E-state index contributed by atoms with van der Waals surface area (Å²) in [6.45, 7) is 7.14. The predicted octanol–water partition coefficient (Wildman–Crippen LogP) is 2.24. The van der Waals surface area contributed by atoms with Gasteiger partial charge in [0.15, 0.2) is 0 Å². The fourth-order valence-electron chi connectivity index (χ4n) is 1.59. The van der Waals surface area contributed by atoms with Crippen LogP contribution in [0.3, 0.4) is 0 Å². The Bertz CT molecular complexity index is 470. The van der Waals surface area contributed by atoms with Gasteiger partial charge in [-0.2, -0.15) is 0 Å². The third-order valence-corrected chi connectivity index (χ3v) is 4.23. The van der Waals surface area contributed by atoms with Crippen LogP contribution >= 0.6 is 11.3 Å².